The summed E-state index contributed by atoms with van der Waals surface area (Å²) in [6, 6.07) is 2.02. The Morgan fingerprint density at radius 2 is 2.17 bits per heavy atom. The van der Waals surface area contributed by atoms with Crippen LogP contribution >= 0.6 is 0 Å². The van der Waals surface area contributed by atoms with Gasteiger partial charge in [0.1, 0.15) is 5.69 Å². The highest BCUT2D eigenvalue weighted by molar-refractivity contribution is 5.94. The van der Waals surface area contributed by atoms with Crippen LogP contribution in [0.15, 0.2) is 12.3 Å². The van der Waals surface area contributed by atoms with E-state index < -0.39 is 0 Å². The molecule has 4 heteroatoms. The van der Waals surface area contributed by atoms with Crippen molar-refractivity contribution in [3.8, 4) is 0 Å². The minimum atomic E-state index is -0.0133. The standard InChI is InChI=1S/C14H23N3O/c1-9-4-5-12(10(2)6-9)16-14(18)13-7-11(15)8-17(13)3/h7-10,12H,4-6,15H2,1-3H3,(H,16,18). The molecule has 0 aromatic carbocycles. The molecule has 2 rings (SSSR count). The fraction of sp³-hybridized carbons (Fsp3) is 0.643. The second-order valence-corrected chi connectivity index (χ2v) is 5.75. The number of aromatic nitrogens is 1. The van der Waals surface area contributed by atoms with E-state index in [0.29, 0.717) is 23.3 Å². The molecule has 0 spiro atoms. The summed E-state index contributed by atoms with van der Waals surface area (Å²) in [7, 11) is 1.84. The number of nitrogens with two attached hydrogens (primary N) is 1. The van der Waals surface area contributed by atoms with Crippen molar-refractivity contribution in [2.24, 2.45) is 18.9 Å². The van der Waals surface area contributed by atoms with Gasteiger partial charge in [-0.05, 0) is 37.2 Å². The minimum Gasteiger partial charge on any atom is -0.397 e. The minimum absolute atomic E-state index is 0.0133. The summed E-state index contributed by atoms with van der Waals surface area (Å²) in [4.78, 5) is 12.2. The van der Waals surface area contributed by atoms with Crippen LogP contribution in [0.5, 0.6) is 0 Å². The second kappa shape index (κ2) is 5.04. The van der Waals surface area contributed by atoms with Crippen LogP contribution in [-0.4, -0.2) is 16.5 Å². The van der Waals surface area contributed by atoms with E-state index in [1.54, 1.807) is 16.8 Å². The number of hydrogen-bond donors (Lipinski definition) is 2. The van der Waals surface area contributed by atoms with Crippen LogP contribution < -0.4 is 11.1 Å². The van der Waals surface area contributed by atoms with E-state index in [0.717, 1.165) is 12.3 Å². The molecule has 1 aromatic rings. The fourth-order valence-electron chi connectivity index (χ4n) is 2.94. The summed E-state index contributed by atoms with van der Waals surface area (Å²) < 4.78 is 1.78. The molecular weight excluding hydrogens is 226 g/mol. The molecule has 1 aliphatic rings. The summed E-state index contributed by atoms with van der Waals surface area (Å²) >= 11 is 0. The summed E-state index contributed by atoms with van der Waals surface area (Å²) in [6.07, 6.45) is 5.24. The van der Waals surface area contributed by atoms with Crippen LogP contribution in [0.25, 0.3) is 0 Å². The molecule has 3 atom stereocenters. The smallest absolute Gasteiger partial charge is 0.268 e. The normalized spacial score (nSPS) is 28.1. The monoisotopic (exact) mass is 249 g/mol. The zero-order chi connectivity index (χ0) is 13.3. The van der Waals surface area contributed by atoms with Crippen molar-refractivity contribution < 1.29 is 4.79 Å². The number of rotatable bonds is 2. The first kappa shape index (κ1) is 13.0. The average molecular weight is 249 g/mol. The lowest BCUT2D eigenvalue weighted by molar-refractivity contribution is 0.0891. The van der Waals surface area contributed by atoms with Crippen molar-refractivity contribution in [1.82, 2.24) is 9.88 Å². The van der Waals surface area contributed by atoms with Gasteiger partial charge in [0.25, 0.3) is 5.91 Å². The quantitative estimate of drug-likeness (QED) is 0.843. The van der Waals surface area contributed by atoms with E-state index >= 15 is 0 Å². The molecule has 100 valence electrons. The summed E-state index contributed by atoms with van der Waals surface area (Å²) in [5, 5.41) is 3.14. The van der Waals surface area contributed by atoms with E-state index in [2.05, 4.69) is 19.2 Å². The Morgan fingerprint density at radius 1 is 1.44 bits per heavy atom. The molecule has 1 aromatic heterocycles. The van der Waals surface area contributed by atoms with Crippen LogP contribution in [0.4, 0.5) is 5.69 Å². The number of aryl methyl sites for hydroxylation is 1. The van der Waals surface area contributed by atoms with Gasteiger partial charge in [-0.15, -0.1) is 0 Å². The van der Waals surface area contributed by atoms with Gasteiger partial charge in [-0.1, -0.05) is 13.8 Å². The van der Waals surface area contributed by atoms with Crippen molar-refractivity contribution in [1.29, 1.82) is 0 Å². The molecule has 1 heterocycles. The molecule has 0 bridgehead atoms. The number of hydrogen-bond acceptors (Lipinski definition) is 2. The average Bonchev–Trinajstić information content (AvgIpc) is 2.62. The third kappa shape index (κ3) is 2.68. The topological polar surface area (TPSA) is 60.1 Å². The Balaban J connectivity index is 2.01. The number of anilines is 1. The lowest BCUT2D eigenvalue weighted by Gasteiger charge is -2.33. The molecule has 3 N–H and O–H groups in total. The SMILES string of the molecule is CC1CCC(NC(=O)c2cc(N)cn2C)C(C)C1. The van der Waals surface area contributed by atoms with Gasteiger partial charge < -0.3 is 15.6 Å². The molecule has 1 amide bonds. The van der Waals surface area contributed by atoms with Gasteiger partial charge in [0.2, 0.25) is 0 Å². The van der Waals surface area contributed by atoms with E-state index in [-0.39, 0.29) is 5.91 Å². The first-order chi connectivity index (χ1) is 8.47. The Bertz CT molecular complexity index is 438. The number of carbonyl (C=O) groups is 1. The highest BCUT2D eigenvalue weighted by Crippen LogP contribution is 2.28. The molecule has 1 fully saturated rings. The van der Waals surface area contributed by atoms with Gasteiger partial charge in [-0.25, -0.2) is 0 Å². The van der Waals surface area contributed by atoms with Gasteiger partial charge in [0, 0.05) is 19.3 Å². The van der Waals surface area contributed by atoms with Gasteiger partial charge in [0.05, 0.1) is 5.69 Å². The molecule has 0 aliphatic heterocycles. The maximum absolute atomic E-state index is 12.2. The van der Waals surface area contributed by atoms with Crippen molar-refractivity contribution in [2.45, 2.75) is 39.2 Å². The molecule has 1 aliphatic carbocycles. The third-order valence-corrected chi connectivity index (χ3v) is 4.01. The Morgan fingerprint density at radius 3 is 2.72 bits per heavy atom. The highest BCUT2D eigenvalue weighted by atomic mass is 16.2. The zero-order valence-corrected chi connectivity index (χ0v) is 11.4. The van der Waals surface area contributed by atoms with Crippen molar-refractivity contribution >= 4 is 11.6 Å². The van der Waals surface area contributed by atoms with Gasteiger partial charge in [-0.2, -0.15) is 0 Å². The molecular formula is C14H23N3O. The van der Waals surface area contributed by atoms with Crippen LogP contribution in [-0.2, 0) is 7.05 Å². The summed E-state index contributed by atoms with van der Waals surface area (Å²) in [5.41, 5.74) is 6.96. The van der Waals surface area contributed by atoms with E-state index in [4.69, 9.17) is 5.73 Å². The van der Waals surface area contributed by atoms with Gasteiger partial charge in [-0.3, -0.25) is 4.79 Å². The maximum Gasteiger partial charge on any atom is 0.268 e. The van der Waals surface area contributed by atoms with Crippen molar-refractivity contribution in [3.63, 3.8) is 0 Å². The predicted molar refractivity (Wildman–Crippen MR) is 73.3 cm³/mol. The summed E-state index contributed by atoms with van der Waals surface area (Å²) in [6.45, 7) is 4.51. The number of nitrogens with one attached hydrogen (secondary N) is 1. The number of nitrogen functional groups attached to an aromatic ring is 1. The molecule has 0 saturated heterocycles. The molecule has 3 unspecified atom stereocenters. The zero-order valence-electron chi connectivity index (χ0n) is 11.4. The first-order valence-corrected chi connectivity index (χ1v) is 6.70. The number of carbonyl (C=O) groups excluding carboxylic acids is 1. The van der Waals surface area contributed by atoms with Crippen molar-refractivity contribution in [3.05, 3.63) is 18.0 Å². The number of amides is 1. The first-order valence-electron chi connectivity index (χ1n) is 6.70. The largest absolute Gasteiger partial charge is 0.397 e. The van der Waals surface area contributed by atoms with Crippen LogP contribution in [0, 0.1) is 11.8 Å². The van der Waals surface area contributed by atoms with Crippen LogP contribution in [0.2, 0.25) is 0 Å². The van der Waals surface area contributed by atoms with Crippen molar-refractivity contribution in [2.75, 3.05) is 5.73 Å². The van der Waals surface area contributed by atoms with Gasteiger partial charge >= 0.3 is 0 Å². The Hall–Kier alpha value is -1.45. The molecule has 1 saturated carbocycles. The maximum atomic E-state index is 12.2. The molecule has 18 heavy (non-hydrogen) atoms. The second-order valence-electron chi connectivity index (χ2n) is 5.75. The summed E-state index contributed by atoms with van der Waals surface area (Å²) in [5.74, 6) is 1.31. The number of nitrogens with zero attached hydrogens (tertiary/aromatic N) is 1. The fourth-order valence-corrected chi connectivity index (χ4v) is 2.94. The van der Waals surface area contributed by atoms with Gasteiger partial charge in [0.15, 0.2) is 0 Å². The molecule has 0 radical (unpaired) electrons. The lowest BCUT2D eigenvalue weighted by atomic mass is 9.80. The molecule has 4 nitrogen and oxygen atoms in total. The van der Waals surface area contributed by atoms with E-state index in [9.17, 15) is 4.79 Å². The Labute approximate surface area is 109 Å². The Kier molecular flexibility index (Phi) is 3.64. The third-order valence-electron chi connectivity index (χ3n) is 4.01. The highest BCUT2D eigenvalue weighted by Gasteiger charge is 2.27. The van der Waals surface area contributed by atoms with E-state index in [1.165, 1.54) is 12.8 Å². The van der Waals surface area contributed by atoms with Crippen LogP contribution in [0.3, 0.4) is 0 Å². The lowest BCUT2D eigenvalue weighted by Crippen LogP contribution is -2.42. The predicted octanol–water partition coefficient (Wildman–Crippen LogP) is 2.16. The van der Waals surface area contributed by atoms with Crippen LogP contribution in [0.1, 0.15) is 43.6 Å². The van der Waals surface area contributed by atoms with E-state index in [1.807, 2.05) is 7.05 Å².